The number of nitrogens with zero attached hydrogens (tertiary/aromatic N) is 4. The van der Waals surface area contributed by atoms with Crippen molar-refractivity contribution in [2.24, 2.45) is 0 Å². The van der Waals surface area contributed by atoms with E-state index in [0.717, 1.165) is 12.3 Å². The lowest BCUT2D eigenvalue weighted by Crippen LogP contribution is -2.40. The van der Waals surface area contributed by atoms with Gasteiger partial charge in [0.05, 0.1) is 17.9 Å². The lowest BCUT2D eigenvalue weighted by Gasteiger charge is -2.21. The summed E-state index contributed by atoms with van der Waals surface area (Å²) in [7, 11) is -4.00. The van der Waals surface area contributed by atoms with E-state index in [-0.39, 0.29) is 30.3 Å². The first-order valence-corrected chi connectivity index (χ1v) is 13.0. The predicted molar refractivity (Wildman–Crippen MR) is 127 cm³/mol. The van der Waals surface area contributed by atoms with E-state index in [0.29, 0.717) is 40.6 Å². The first-order chi connectivity index (χ1) is 17.6. The topological polar surface area (TPSA) is 106 Å². The Balaban J connectivity index is 1.28. The van der Waals surface area contributed by atoms with Crippen LogP contribution in [0.15, 0.2) is 70.4 Å². The molecule has 0 radical (unpaired) electrons. The molecule has 0 amide bonds. The van der Waals surface area contributed by atoms with Crippen LogP contribution in [-0.2, 0) is 27.4 Å². The second-order valence-electron chi connectivity index (χ2n) is 8.72. The van der Waals surface area contributed by atoms with E-state index in [1.165, 1.54) is 22.6 Å². The molecule has 1 saturated heterocycles. The van der Waals surface area contributed by atoms with Gasteiger partial charge in [0.15, 0.2) is 5.78 Å². The number of hydrogen-bond acceptors (Lipinski definition) is 7. The molecule has 5 rings (SSSR count). The summed E-state index contributed by atoms with van der Waals surface area (Å²) in [5, 5.41) is 8.31. The van der Waals surface area contributed by atoms with Gasteiger partial charge >= 0.3 is 6.18 Å². The monoisotopic (exact) mass is 530 g/mol. The minimum Gasteiger partial charge on any atom is -0.443 e. The van der Waals surface area contributed by atoms with Crippen molar-refractivity contribution < 1.29 is 30.8 Å². The Morgan fingerprint density at radius 3 is 2.65 bits per heavy atom. The van der Waals surface area contributed by atoms with E-state index in [4.69, 9.17) is 4.42 Å². The third-order valence-electron chi connectivity index (χ3n) is 6.26. The van der Waals surface area contributed by atoms with Crippen molar-refractivity contribution in [3.8, 4) is 11.3 Å². The minimum absolute atomic E-state index is 0.0627. The molecule has 1 aliphatic rings. The minimum atomic E-state index is -4.54. The summed E-state index contributed by atoms with van der Waals surface area (Å²) in [5.74, 6) is -0.230. The number of para-hydroxylation sites is 1. The first-order valence-electron chi connectivity index (χ1n) is 11.5. The Morgan fingerprint density at radius 2 is 1.92 bits per heavy atom. The molecule has 4 aromatic rings. The number of rotatable bonds is 7. The van der Waals surface area contributed by atoms with Crippen LogP contribution in [0.2, 0.25) is 0 Å². The molecule has 1 aliphatic heterocycles. The van der Waals surface area contributed by atoms with Gasteiger partial charge in [-0.1, -0.05) is 18.2 Å². The summed E-state index contributed by atoms with van der Waals surface area (Å²) in [5.41, 5.74) is 0.758. The number of pyridine rings is 1. The number of ketones is 1. The highest BCUT2D eigenvalue weighted by Gasteiger charge is 2.40. The van der Waals surface area contributed by atoms with Gasteiger partial charge in [-0.2, -0.15) is 27.7 Å². The first kappa shape index (κ1) is 25.0. The number of benzene rings is 1. The van der Waals surface area contributed by atoms with Gasteiger partial charge in [-0.05, 0) is 49.1 Å². The fraction of sp³-hybridized carbons (Fsp3) is 0.280. The van der Waals surface area contributed by atoms with E-state index in [9.17, 15) is 26.4 Å². The zero-order chi connectivity index (χ0) is 26.2. The molecular weight excluding hydrogens is 509 g/mol. The van der Waals surface area contributed by atoms with Crippen molar-refractivity contribution in [3.05, 3.63) is 72.2 Å². The summed E-state index contributed by atoms with van der Waals surface area (Å²) < 4.78 is 71.6. The van der Waals surface area contributed by atoms with Crippen LogP contribution in [0, 0.1) is 0 Å². The van der Waals surface area contributed by atoms with E-state index in [1.54, 1.807) is 30.3 Å². The molecule has 0 N–H and O–H groups in total. The van der Waals surface area contributed by atoms with Crippen molar-refractivity contribution in [1.29, 1.82) is 0 Å². The number of fused-ring (bicyclic) bond motifs is 1. The Morgan fingerprint density at radius 1 is 1.11 bits per heavy atom. The number of hydrogen-bond donors (Lipinski definition) is 0. The number of alkyl halides is 3. The van der Waals surface area contributed by atoms with Gasteiger partial charge in [-0.25, -0.2) is 8.42 Å². The third-order valence-corrected chi connectivity index (χ3v) is 8.03. The Hall–Kier alpha value is -3.64. The molecule has 0 spiro atoms. The summed E-state index contributed by atoms with van der Waals surface area (Å²) in [6, 6.07) is 11.4. The van der Waals surface area contributed by atoms with E-state index >= 15 is 0 Å². The predicted octanol–water partition coefficient (Wildman–Crippen LogP) is 4.66. The van der Waals surface area contributed by atoms with Crippen molar-refractivity contribution in [3.63, 3.8) is 0 Å². The molecule has 0 saturated carbocycles. The van der Waals surface area contributed by atoms with Crippen LogP contribution in [0.25, 0.3) is 22.2 Å². The van der Waals surface area contributed by atoms with Crippen molar-refractivity contribution in [2.75, 3.05) is 6.54 Å². The lowest BCUT2D eigenvalue weighted by atomic mass is 10.0. The van der Waals surface area contributed by atoms with E-state index in [1.807, 2.05) is 0 Å². The van der Waals surface area contributed by atoms with Crippen LogP contribution in [0.3, 0.4) is 0 Å². The van der Waals surface area contributed by atoms with Crippen LogP contribution in [-0.4, -0.2) is 46.3 Å². The molecule has 37 heavy (non-hydrogen) atoms. The maximum absolute atomic E-state index is 13.3. The number of halogens is 3. The van der Waals surface area contributed by atoms with Crippen molar-refractivity contribution >= 4 is 26.8 Å². The van der Waals surface area contributed by atoms with E-state index in [2.05, 4.69) is 15.2 Å². The zero-order valence-electron chi connectivity index (χ0n) is 19.4. The number of aryl methyl sites for hydroxylation is 1. The number of Topliss-reactive ketones (excluding diaryl/α,β-unsaturated/α-hetero) is 1. The SMILES string of the molecule is O=C(CCc1cnnc(-c2ccc(C(F)(F)F)nc2)c1)[C@@H]1CCCN1S(=O)(=O)c1cc2ccccc2o1. The Labute approximate surface area is 210 Å². The summed E-state index contributed by atoms with van der Waals surface area (Å²) in [6.45, 7) is 0.220. The highest BCUT2D eigenvalue weighted by molar-refractivity contribution is 7.89. The number of furan rings is 1. The van der Waals surface area contributed by atoms with Crippen molar-refractivity contribution in [2.45, 2.75) is 43.0 Å². The lowest BCUT2D eigenvalue weighted by molar-refractivity contribution is -0.141. The standard InChI is InChI=1S/C25H21F3N4O4S/c26-25(27,28)23-10-8-18(15-29-23)19-12-16(14-30-31-19)7-9-21(33)20-5-3-11-32(20)37(34,35)24-13-17-4-1-2-6-22(17)36-24/h1-2,4,6,8,10,12-15,20H,3,5,7,9,11H2/t20-/m0/s1. The second kappa shape index (κ2) is 9.67. The van der Waals surface area contributed by atoms with Crippen LogP contribution in [0.1, 0.15) is 30.5 Å². The maximum Gasteiger partial charge on any atom is 0.433 e. The molecule has 1 atom stereocenters. The molecule has 3 aromatic heterocycles. The molecule has 1 fully saturated rings. The van der Waals surface area contributed by atoms with Gasteiger partial charge in [-0.15, -0.1) is 0 Å². The third kappa shape index (κ3) is 5.12. The molecule has 0 bridgehead atoms. The van der Waals surface area contributed by atoms with Gasteiger partial charge in [0, 0.05) is 36.2 Å². The molecule has 192 valence electrons. The average Bonchev–Trinajstić information content (AvgIpc) is 3.55. The molecule has 4 heterocycles. The molecular formula is C25H21F3N4O4S. The van der Waals surface area contributed by atoms with Gasteiger partial charge in [-0.3, -0.25) is 9.78 Å². The van der Waals surface area contributed by atoms with Gasteiger partial charge < -0.3 is 4.42 Å². The van der Waals surface area contributed by atoms with Crippen LogP contribution in [0.4, 0.5) is 13.2 Å². The highest BCUT2D eigenvalue weighted by Crippen LogP contribution is 2.31. The van der Waals surface area contributed by atoms with Gasteiger partial charge in [0.25, 0.3) is 10.0 Å². The summed E-state index contributed by atoms with van der Waals surface area (Å²) in [6.07, 6.45) is -0.712. The van der Waals surface area contributed by atoms with E-state index < -0.39 is 27.9 Å². The maximum atomic E-state index is 13.3. The smallest absolute Gasteiger partial charge is 0.433 e. The van der Waals surface area contributed by atoms with Gasteiger partial charge in [0.2, 0.25) is 5.09 Å². The largest absolute Gasteiger partial charge is 0.443 e. The fourth-order valence-electron chi connectivity index (χ4n) is 4.38. The number of carbonyl (C=O) groups is 1. The summed E-state index contributed by atoms with van der Waals surface area (Å²) in [4.78, 5) is 16.5. The van der Waals surface area contributed by atoms with Gasteiger partial charge in [0.1, 0.15) is 11.3 Å². The number of sulfonamides is 1. The molecule has 12 heteroatoms. The fourth-order valence-corrected chi connectivity index (χ4v) is 6.01. The Kier molecular flexibility index (Phi) is 6.54. The zero-order valence-corrected chi connectivity index (χ0v) is 20.2. The normalized spacial score (nSPS) is 16.9. The Bertz CT molecular complexity index is 1520. The number of aromatic nitrogens is 3. The molecule has 0 aliphatic carbocycles. The number of carbonyl (C=O) groups excluding carboxylic acids is 1. The van der Waals surface area contributed by atoms with Crippen LogP contribution >= 0.6 is 0 Å². The van der Waals surface area contributed by atoms with Crippen molar-refractivity contribution in [1.82, 2.24) is 19.5 Å². The van der Waals surface area contributed by atoms with Crippen LogP contribution < -0.4 is 0 Å². The second-order valence-corrected chi connectivity index (χ2v) is 10.5. The van der Waals surface area contributed by atoms with Crippen LogP contribution in [0.5, 0.6) is 0 Å². The highest BCUT2D eigenvalue weighted by atomic mass is 32.2. The molecule has 8 nitrogen and oxygen atoms in total. The average molecular weight is 531 g/mol. The summed E-state index contributed by atoms with van der Waals surface area (Å²) >= 11 is 0. The molecule has 0 unspecified atom stereocenters. The quantitative estimate of drug-likeness (QED) is 0.342. The molecule has 1 aromatic carbocycles.